The number of aromatic nitrogens is 8. The van der Waals surface area contributed by atoms with E-state index in [1.54, 1.807) is 10.9 Å². The number of nitrogens with one attached hydrogen (secondary N) is 1. The number of aromatic amines is 1. The molecule has 23 heavy (non-hydrogen) atoms. The Balaban J connectivity index is 1.69. The number of fused-ring (bicyclic) bond motifs is 2. The van der Waals surface area contributed by atoms with Gasteiger partial charge in [0.25, 0.3) is 0 Å². The summed E-state index contributed by atoms with van der Waals surface area (Å²) < 4.78 is 1.79. The Bertz CT molecular complexity index is 1000. The van der Waals surface area contributed by atoms with E-state index >= 15 is 0 Å². The van der Waals surface area contributed by atoms with E-state index in [0.29, 0.717) is 46.3 Å². The van der Waals surface area contributed by atoms with Crippen molar-refractivity contribution < 1.29 is 0 Å². The lowest BCUT2D eigenvalue weighted by atomic mass is 10.3. The molecular formula is C12H13N11. The highest BCUT2D eigenvalue weighted by Crippen LogP contribution is 2.20. The van der Waals surface area contributed by atoms with Crippen LogP contribution in [0.25, 0.3) is 22.3 Å². The molecule has 1 unspecified atom stereocenters. The maximum atomic E-state index is 6.22. The molecule has 11 nitrogen and oxygen atoms in total. The van der Waals surface area contributed by atoms with Crippen LogP contribution in [0.5, 0.6) is 0 Å². The number of nitrogens with two attached hydrogens (primary N) is 3. The predicted molar refractivity (Wildman–Crippen MR) is 82.8 cm³/mol. The van der Waals surface area contributed by atoms with E-state index in [0.717, 1.165) is 0 Å². The molecule has 4 heterocycles. The van der Waals surface area contributed by atoms with Crippen molar-refractivity contribution in [1.29, 1.82) is 0 Å². The van der Waals surface area contributed by atoms with Crippen LogP contribution in [0.2, 0.25) is 0 Å². The van der Waals surface area contributed by atoms with Crippen LogP contribution in [-0.4, -0.2) is 39.5 Å². The van der Waals surface area contributed by atoms with Crippen LogP contribution in [0.15, 0.2) is 19.0 Å². The Morgan fingerprint density at radius 3 is 2.65 bits per heavy atom. The van der Waals surface area contributed by atoms with E-state index in [9.17, 15) is 0 Å². The highest BCUT2D eigenvalue weighted by molar-refractivity contribution is 5.81. The number of imidazole rings is 2. The summed E-state index contributed by atoms with van der Waals surface area (Å²) >= 11 is 0. The third kappa shape index (κ3) is 2.10. The van der Waals surface area contributed by atoms with Crippen molar-refractivity contribution >= 4 is 34.0 Å². The molecule has 0 radical (unpaired) electrons. The highest BCUT2D eigenvalue weighted by Gasteiger charge is 2.16. The lowest BCUT2D eigenvalue weighted by Crippen LogP contribution is -2.18. The number of nitrogen functional groups attached to an aromatic ring is 2. The largest absolute Gasteiger partial charge is 0.382 e. The minimum atomic E-state index is -0.433. The first-order valence-corrected chi connectivity index (χ1v) is 6.76. The number of hydrogen-bond acceptors (Lipinski definition) is 9. The van der Waals surface area contributed by atoms with Crippen LogP contribution in [0.1, 0.15) is 11.9 Å². The van der Waals surface area contributed by atoms with E-state index in [-0.39, 0.29) is 0 Å². The van der Waals surface area contributed by atoms with Gasteiger partial charge in [0.1, 0.15) is 29.5 Å². The van der Waals surface area contributed by atoms with Gasteiger partial charge < -0.3 is 26.8 Å². The van der Waals surface area contributed by atoms with Crippen LogP contribution in [0, 0.1) is 0 Å². The van der Waals surface area contributed by atoms with Gasteiger partial charge in [0, 0.05) is 6.54 Å². The topological polar surface area (TPSA) is 176 Å². The summed E-state index contributed by atoms with van der Waals surface area (Å²) in [7, 11) is 0. The summed E-state index contributed by atoms with van der Waals surface area (Å²) in [5.74, 6) is 1.21. The molecule has 0 fully saturated rings. The summed E-state index contributed by atoms with van der Waals surface area (Å²) in [5, 5.41) is 0. The molecular weight excluding hydrogens is 298 g/mol. The van der Waals surface area contributed by atoms with Gasteiger partial charge in [0.15, 0.2) is 22.9 Å². The van der Waals surface area contributed by atoms with Gasteiger partial charge in [-0.1, -0.05) is 0 Å². The number of nitrogens with zero attached hydrogens (tertiary/aromatic N) is 7. The smallest absolute Gasteiger partial charge is 0.183 e. The SMILES string of the molecule is Nc1ncnc2c1ncn2CC(N)c1nc2ncnc(N)c2[nH]1. The molecule has 4 rings (SSSR count). The molecule has 1 atom stereocenters. The Morgan fingerprint density at radius 2 is 1.83 bits per heavy atom. The van der Waals surface area contributed by atoms with Gasteiger partial charge in [-0.15, -0.1) is 0 Å². The van der Waals surface area contributed by atoms with Crippen molar-refractivity contribution in [3.05, 3.63) is 24.8 Å². The molecule has 0 amide bonds. The average Bonchev–Trinajstić information content (AvgIpc) is 3.14. The molecule has 0 bridgehead atoms. The molecule has 0 spiro atoms. The van der Waals surface area contributed by atoms with Gasteiger partial charge in [0.05, 0.1) is 12.4 Å². The van der Waals surface area contributed by atoms with Gasteiger partial charge in [-0.3, -0.25) is 0 Å². The fraction of sp³-hybridized carbons (Fsp3) is 0.167. The summed E-state index contributed by atoms with van der Waals surface area (Å²) in [5.41, 5.74) is 20.0. The summed E-state index contributed by atoms with van der Waals surface area (Å²) in [6, 6.07) is -0.433. The zero-order valence-corrected chi connectivity index (χ0v) is 11.9. The Hall–Kier alpha value is -3.34. The van der Waals surface area contributed by atoms with Crippen molar-refractivity contribution in [2.24, 2.45) is 5.73 Å². The van der Waals surface area contributed by atoms with Crippen molar-refractivity contribution in [2.75, 3.05) is 11.5 Å². The summed E-state index contributed by atoms with van der Waals surface area (Å²) in [6.45, 7) is 0.403. The van der Waals surface area contributed by atoms with Crippen molar-refractivity contribution in [1.82, 2.24) is 39.5 Å². The molecule has 4 aromatic heterocycles. The van der Waals surface area contributed by atoms with Gasteiger partial charge in [-0.05, 0) is 0 Å². The second kappa shape index (κ2) is 4.84. The van der Waals surface area contributed by atoms with E-state index in [4.69, 9.17) is 17.2 Å². The van der Waals surface area contributed by atoms with Crippen molar-refractivity contribution in [3.8, 4) is 0 Å². The quantitative estimate of drug-likeness (QED) is 0.383. The zero-order chi connectivity index (χ0) is 16.0. The zero-order valence-electron chi connectivity index (χ0n) is 11.9. The van der Waals surface area contributed by atoms with Crippen LogP contribution in [-0.2, 0) is 6.54 Å². The highest BCUT2D eigenvalue weighted by atomic mass is 15.1. The number of rotatable bonds is 3. The number of hydrogen-bond donors (Lipinski definition) is 4. The molecule has 11 heteroatoms. The van der Waals surface area contributed by atoms with Crippen LogP contribution in [0.3, 0.4) is 0 Å². The van der Waals surface area contributed by atoms with E-state index in [1.165, 1.54) is 12.7 Å². The normalized spacial score (nSPS) is 12.9. The maximum Gasteiger partial charge on any atom is 0.183 e. The molecule has 0 aliphatic rings. The lowest BCUT2D eigenvalue weighted by molar-refractivity contribution is 0.563. The third-order valence-corrected chi connectivity index (χ3v) is 3.51. The van der Waals surface area contributed by atoms with Gasteiger partial charge >= 0.3 is 0 Å². The van der Waals surface area contributed by atoms with Gasteiger partial charge in [-0.2, -0.15) is 0 Å². The number of H-pyrrole nitrogens is 1. The second-order valence-electron chi connectivity index (χ2n) is 5.01. The van der Waals surface area contributed by atoms with E-state index in [2.05, 4.69) is 34.9 Å². The maximum absolute atomic E-state index is 6.22. The Morgan fingerprint density at radius 1 is 1.04 bits per heavy atom. The van der Waals surface area contributed by atoms with E-state index < -0.39 is 6.04 Å². The van der Waals surface area contributed by atoms with Crippen LogP contribution < -0.4 is 17.2 Å². The van der Waals surface area contributed by atoms with E-state index in [1.807, 2.05) is 0 Å². The third-order valence-electron chi connectivity index (χ3n) is 3.51. The molecule has 0 saturated heterocycles. The Labute approximate surface area is 129 Å². The van der Waals surface area contributed by atoms with Gasteiger partial charge in [0.2, 0.25) is 0 Å². The number of anilines is 2. The van der Waals surface area contributed by atoms with Crippen LogP contribution in [0.4, 0.5) is 11.6 Å². The lowest BCUT2D eigenvalue weighted by Gasteiger charge is -2.09. The van der Waals surface area contributed by atoms with Crippen molar-refractivity contribution in [3.63, 3.8) is 0 Å². The minimum absolute atomic E-state index is 0.328. The van der Waals surface area contributed by atoms with Crippen molar-refractivity contribution in [2.45, 2.75) is 12.6 Å². The molecule has 0 aliphatic carbocycles. The minimum Gasteiger partial charge on any atom is -0.382 e. The molecule has 4 aromatic rings. The fourth-order valence-electron chi connectivity index (χ4n) is 2.37. The fourth-order valence-corrected chi connectivity index (χ4v) is 2.37. The standard InChI is InChI=1S/C12H13N11/c13-5(10-21-6-8(14)16-2-18-11(6)22-10)1-23-4-20-7-9(15)17-3-19-12(7)23/h2-5H,1,13H2,(H2,15,17,19)(H3,14,16,18,21,22). The molecule has 7 N–H and O–H groups in total. The second-order valence-corrected chi connectivity index (χ2v) is 5.01. The average molecular weight is 311 g/mol. The molecule has 0 saturated carbocycles. The summed E-state index contributed by atoms with van der Waals surface area (Å²) in [4.78, 5) is 27.7. The molecule has 0 aromatic carbocycles. The van der Waals surface area contributed by atoms with Gasteiger partial charge in [-0.25, -0.2) is 29.9 Å². The summed E-state index contributed by atoms with van der Waals surface area (Å²) in [6.07, 6.45) is 4.36. The molecule has 0 aliphatic heterocycles. The first-order chi connectivity index (χ1) is 11.1. The predicted octanol–water partition coefficient (Wildman–Crippen LogP) is -0.643. The Kier molecular flexibility index (Phi) is 2.81. The van der Waals surface area contributed by atoms with Crippen LogP contribution >= 0.6 is 0 Å². The molecule has 116 valence electrons. The monoisotopic (exact) mass is 311 g/mol. The first-order valence-electron chi connectivity index (χ1n) is 6.76. The first kappa shape index (κ1) is 13.3.